The van der Waals surface area contributed by atoms with Gasteiger partial charge in [0.05, 0.1) is 11.8 Å². The zero-order valence-electron chi connectivity index (χ0n) is 11.8. The van der Waals surface area contributed by atoms with Crippen LogP contribution in [0.2, 0.25) is 0 Å². The number of aryl methyl sites for hydroxylation is 3. The van der Waals surface area contributed by atoms with Crippen LogP contribution >= 0.6 is 0 Å². The molecule has 0 aromatic carbocycles. The second-order valence-corrected chi connectivity index (χ2v) is 5.03. The Hall–Kier alpha value is -1.36. The van der Waals surface area contributed by atoms with Gasteiger partial charge >= 0.3 is 0 Å². The SMILES string of the molecule is CCn1cc(CCC(=O)NC[C@H]2CCCO2)c(C)n1. The van der Waals surface area contributed by atoms with Gasteiger partial charge in [0.2, 0.25) is 5.91 Å². The second-order valence-electron chi connectivity index (χ2n) is 5.03. The van der Waals surface area contributed by atoms with Gasteiger partial charge in [-0.25, -0.2) is 0 Å². The molecule has 2 heterocycles. The van der Waals surface area contributed by atoms with E-state index in [-0.39, 0.29) is 12.0 Å². The summed E-state index contributed by atoms with van der Waals surface area (Å²) in [7, 11) is 0. The van der Waals surface area contributed by atoms with E-state index in [0.717, 1.165) is 43.7 Å². The summed E-state index contributed by atoms with van der Waals surface area (Å²) in [5.74, 6) is 0.0964. The molecule has 19 heavy (non-hydrogen) atoms. The Balaban J connectivity index is 1.71. The Bertz CT molecular complexity index is 422. The van der Waals surface area contributed by atoms with Crippen molar-refractivity contribution in [3.8, 4) is 0 Å². The van der Waals surface area contributed by atoms with Gasteiger partial charge < -0.3 is 10.1 Å². The molecule has 1 saturated heterocycles. The van der Waals surface area contributed by atoms with E-state index in [0.29, 0.717) is 13.0 Å². The van der Waals surface area contributed by atoms with Crippen LogP contribution in [0.4, 0.5) is 0 Å². The highest BCUT2D eigenvalue weighted by Gasteiger charge is 2.16. The van der Waals surface area contributed by atoms with Gasteiger partial charge in [-0.2, -0.15) is 5.10 Å². The van der Waals surface area contributed by atoms with Crippen molar-refractivity contribution in [1.29, 1.82) is 0 Å². The number of amides is 1. The monoisotopic (exact) mass is 265 g/mol. The summed E-state index contributed by atoms with van der Waals surface area (Å²) in [4.78, 5) is 11.8. The Kier molecular flexibility index (Phi) is 4.96. The van der Waals surface area contributed by atoms with Gasteiger partial charge in [-0.15, -0.1) is 0 Å². The summed E-state index contributed by atoms with van der Waals surface area (Å²) in [5.41, 5.74) is 2.18. The van der Waals surface area contributed by atoms with Crippen LogP contribution in [0.5, 0.6) is 0 Å². The first-order valence-corrected chi connectivity index (χ1v) is 7.10. The summed E-state index contributed by atoms with van der Waals surface area (Å²) in [6, 6.07) is 0. The molecular weight excluding hydrogens is 242 g/mol. The van der Waals surface area contributed by atoms with E-state index in [1.165, 1.54) is 0 Å². The van der Waals surface area contributed by atoms with Crippen LogP contribution in [-0.2, 0) is 22.5 Å². The Morgan fingerprint density at radius 3 is 3.11 bits per heavy atom. The summed E-state index contributed by atoms with van der Waals surface area (Å²) in [6.07, 6.45) is 5.68. The normalized spacial score (nSPS) is 18.7. The summed E-state index contributed by atoms with van der Waals surface area (Å²) < 4.78 is 7.39. The van der Waals surface area contributed by atoms with Gasteiger partial charge in [0.25, 0.3) is 0 Å². The van der Waals surface area contributed by atoms with Crippen LogP contribution in [0.15, 0.2) is 6.20 Å². The molecule has 1 aliphatic heterocycles. The number of hydrogen-bond acceptors (Lipinski definition) is 3. The highest BCUT2D eigenvalue weighted by molar-refractivity contribution is 5.76. The minimum absolute atomic E-state index is 0.0964. The molecule has 0 aliphatic carbocycles. The van der Waals surface area contributed by atoms with E-state index in [1.54, 1.807) is 0 Å². The van der Waals surface area contributed by atoms with Crippen LogP contribution in [0.3, 0.4) is 0 Å². The van der Waals surface area contributed by atoms with E-state index in [4.69, 9.17) is 4.74 Å². The first-order valence-electron chi connectivity index (χ1n) is 7.10. The number of ether oxygens (including phenoxy) is 1. The average molecular weight is 265 g/mol. The van der Waals surface area contributed by atoms with E-state index in [9.17, 15) is 4.79 Å². The Morgan fingerprint density at radius 2 is 2.47 bits per heavy atom. The average Bonchev–Trinajstić information content (AvgIpc) is 3.03. The molecule has 1 amide bonds. The highest BCUT2D eigenvalue weighted by atomic mass is 16.5. The van der Waals surface area contributed by atoms with Crippen molar-refractivity contribution in [3.05, 3.63) is 17.5 Å². The molecule has 1 aromatic rings. The standard InChI is InChI=1S/C14H23N3O2/c1-3-17-10-12(11(2)16-17)6-7-14(18)15-9-13-5-4-8-19-13/h10,13H,3-9H2,1-2H3,(H,15,18)/t13-/m1/s1. The summed E-state index contributed by atoms with van der Waals surface area (Å²) in [5, 5.41) is 7.32. The van der Waals surface area contributed by atoms with Gasteiger partial charge in [-0.1, -0.05) is 0 Å². The fourth-order valence-electron chi connectivity index (χ4n) is 2.34. The van der Waals surface area contributed by atoms with Gasteiger partial charge in [0.1, 0.15) is 0 Å². The van der Waals surface area contributed by atoms with E-state index in [2.05, 4.69) is 17.3 Å². The summed E-state index contributed by atoms with van der Waals surface area (Å²) >= 11 is 0. The number of carbonyl (C=O) groups is 1. The van der Waals surface area contributed by atoms with Gasteiger partial charge in [0.15, 0.2) is 0 Å². The lowest BCUT2D eigenvalue weighted by Gasteiger charge is -2.10. The Labute approximate surface area is 114 Å². The molecule has 5 heteroatoms. The van der Waals surface area contributed by atoms with Crippen molar-refractivity contribution in [2.45, 2.75) is 52.2 Å². The van der Waals surface area contributed by atoms with Crippen molar-refractivity contribution < 1.29 is 9.53 Å². The van der Waals surface area contributed by atoms with Crippen LogP contribution in [0, 0.1) is 6.92 Å². The third-order valence-corrected chi connectivity index (χ3v) is 3.54. The van der Waals surface area contributed by atoms with Crippen LogP contribution in [0.25, 0.3) is 0 Å². The zero-order valence-corrected chi connectivity index (χ0v) is 11.8. The molecule has 1 aliphatic rings. The highest BCUT2D eigenvalue weighted by Crippen LogP contribution is 2.11. The number of nitrogens with zero attached hydrogens (tertiary/aromatic N) is 2. The smallest absolute Gasteiger partial charge is 0.220 e. The van der Waals surface area contributed by atoms with Crippen molar-refractivity contribution in [1.82, 2.24) is 15.1 Å². The number of nitrogens with one attached hydrogen (secondary N) is 1. The predicted octanol–water partition coefficient (Wildman–Crippen LogP) is 1.44. The molecule has 1 atom stereocenters. The Morgan fingerprint density at radius 1 is 1.63 bits per heavy atom. The maximum Gasteiger partial charge on any atom is 0.220 e. The molecule has 0 saturated carbocycles. The lowest BCUT2D eigenvalue weighted by molar-refractivity contribution is -0.121. The third kappa shape index (κ3) is 4.06. The lowest BCUT2D eigenvalue weighted by atomic mass is 10.1. The number of hydrogen-bond donors (Lipinski definition) is 1. The molecule has 0 spiro atoms. The molecule has 0 unspecified atom stereocenters. The maximum absolute atomic E-state index is 11.8. The molecule has 106 valence electrons. The molecule has 1 fully saturated rings. The minimum atomic E-state index is 0.0964. The summed E-state index contributed by atoms with van der Waals surface area (Å²) in [6.45, 7) is 6.39. The lowest BCUT2D eigenvalue weighted by Crippen LogP contribution is -2.31. The van der Waals surface area contributed by atoms with Gasteiger partial charge in [-0.05, 0) is 38.7 Å². The van der Waals surface area contributed by atoms with E-state index in [1.807, 2.05) is 17.8 Å². The van der Waals surface area contributed by atoms with Crippen LogP contribution in [0.1, 0.15) is 37.4 Å². The topological polar surface area (TPSA) is 56.2 Å². The fourth-order valence-corrected chi connectivity index (χ4v) is 2.34. The first kappa shape index (κ1) is 14.1. The molecule has 1 aromatic heterocycles. The third-order valence-electron chi connectivity index (χ3n) is 3.54. The molecule has 2 rings (SSSR count). The largest absolute Gasteiger partial charge is 0.376 e. The number of carbonyl (C=O) groups excluding carboxylic acids is 1. The number of aromatic nitrogens is 2. The fraction of sp³-hybridized carbons (Fsp3) is 0.714. The molecule has 5 nitrogen and oxygen atoms in total. The predicted molar refractivity (Wildman–Crippen MR) is 72.9 cm³/mol. The van der Waals surface area contributed by atoms with Crippen molar-refractivity contribution in [3.63, 3.8) is 0 Å². The minimum Gasteiger partial charge on any atom is -0.376 e. The zero-order chi connectivity index (χ0) is 13.7. The van der Waals surface area contributed by atoms with Crippen molar-refractivity contribution >= 4 is 5.91 Å². The van der Waals surface area contributed by atoms with Gasteiger partial charge in [0, 0.05) is 32.3 Å². The molecule has 0 radical (unpaired) electrons. The molecule has 1 N–H and O–H groups in total. The van der Waals surface area contributed by atoms with E-state index >= 15 is 0 Å². The number of rotatable bonds is 6. The maximum atomic E-state index is 11.8. The van der Waals surface area contributed by atoms with Crippen LogP contribution in [-0.4, -0.2) is 34.9 Å². The van der Waals surface area contributed by atoms with Crippen LogP contribution < -0.4 is 5.32 Å². The molecule has 0 bridgehead atoms. The second kappa shape index (κ2) is 6.70. The van der Waals surface area contributed by atoms with Gasteiger partial charge in [-0.3, -0.25) is 9.48 Å². The first-order chi connectivity index (χ1) is 9.19. The van der Waals surface area contributed by atoms with Crippen molar-refractivity contribution in [2.75, 3.05) is 13.2 Å². The molecular formula is C14H23N3O2. The quantitative estimate of drug-likeness (QED) is 0.846. The van der Waals surface area contributed by atoms with E-state index < -0.39 is 0 Å². The van der Waals surface area contributed by atoms with Crippen molar-refractivity contribution in [2.24, 2.45) is 0 Å².